The number of carbonyl (C=O) groups excluding carboxylic acids is 3. The first-order chi connectivity index (χ1) is 17.9. The number of amides is 3. The van der Waals surface area contributed by atoms with E-state index < -0.39 is 11.9 Å². The Labute approximate surface area is 221 Å². The molecule has 2 aliphatic rings. The number of anilines is 1. The lowest BCUT2D eigenvalue weighted by atomic mass is 9.94. The van der Waals surface area contributed by atoms with Crippen molar-refractivity contribution in [2.45, 2.75) is 82.9 Å². The topological polar surface area (TPSA) is 101 Å². The maximum atomic E-state index is 13.8. The van der Waals surface area contributed by atoms with Gasteiger partial charge in [-0.2, -0.15) is 0 Å². The summed E-state index contributed by atoms with van der Waals surface area (Å²) in [5.41, 5.74) is 1.34. The van der Waals surface area contributed by atoms with Gasteiger partial charge in [0.2, 0.25) is 17.7 Å². The fraction of sp³-hybridized carbons (Fsp3) is 0.556. The molecule has 0 bridgehead atoms. The minimum absolute atomic E-state index is 0.0418. The van der Waals surface area contributed by atoms with E-state index in [1.807, 2.05) is 12.3 Å². The molecule has 37 heavy (non-hydrogen) atoms. The third kappa shape index (κ3) is 7.82. The number of benzene rings is 1. The zero-order valence-electron chi connectivity index (χ0n) is 21.2. The maximum absolute atomic E-state index is 13.8. The second-order valence-corrected chi connectivity index (χ2v) is 10.7. The Balaban J connectivity index is 1.53. The van der Waals surface area contributed by atoms with E-state index in [4.69, 9.17) is 4.74 Å². The van der Waals surface area contributed by atoms with Crippen LogP contribution in [-0.2, 0) is 19.1 Å². The van der Waals surface area contributed by atoms with Crippen molar-refractivity contribution in [1.82, 2.24) is 15.2 Å². The smallest absolute Gasteiger partial charge is 0.247 e. The molecule has 1 aromatic heterocycles. The molecular weight excluding hydrogens is 495 g/mol. The normalized spacial score (nSPS) is 18.8. The number of aryl methyl sites for hydroxylation is 1. The van der Waals surface area contributed by atoms with Crippen molar-refractivity contribution >= 4 is 34.2 Å². The minimum Gasteiger partial charge on any atom is -0.376 e. The summed E-state index contributed by atoms with van der Waals surface area (Å²) in [4.78, 5) is 45.5. The maximum Gasteiger partial charge on any atom is 0.247 e. The van der Waals surface area contributed by atoms with Crippen molar-refractivity contribution in [2.75, 3.05) is 18.5 Å². The number of hydrogen-bond acceptors (Lipinski definition) is 6. The van der Waals surface area contributed by atoms with Gasteiger partial charge in [0.25, 0.3) is 0 Å². The van der Waals surface area contributed by atoms with Crippen molar-refractivity contribution < 1.29 is 23.5 Å². The number of ether oxygens (including phenoxy) is 1. The van der Waals surface area contributed by atoms with E-state index in [0.717, 1.165) is 50.6 Å². The first-order valence-corrected chi connectivity index (χ1v) is 14.0. The number of halogens is 1. The number of nitrogens with one attached hydrogen (secondary N) is 2. The molecule has 0 spiro atoms. The number of carbonyl (C=O) groups is 3. The lowest BCUT2D eigenvalue weighted by molar-refractivity contribution is -0.143. The molecule has 2 atom stereocenters. The van der Waals surface area contributed by atoms with Crippen LogP contribution < -0.4 is 10.6 Å². The van der Waals surface area contributed by atoms with E-state index >= 15 is 0 Å². The van der Waals surface area contributed by atoms with Crippen molar-refractivity contribution in [3.05, 3.63) is 46.7 Å². The quantitative estimate of drug-likeness (QED) is 0.471. The Hall–Kier alpha value is -2.85. The van der Waals surface area contributed by atoms with Gasteiger partial charge in [0.15, 0.2) is 5.13 Å². The van der Waals surface area contributed by atoms with E-state index in [1.54, 1.807) is 12.1 Å². The summed E-state index contributed by atoms with van der Waals surface area (Å²) in [7, 11) is 0. The molecule has 1 aromatic carbocycles. The van der Waals surface area contributed by atoms with Crippen LogP contribution >= 0.6 is 11.3 Å². The average Bonchev–Trinajstić information content (AvgIpc) is 3.55. The van der Waals surface area contributed by atoms with Crippen molar-refractivity contribution in [1.29, 1.82) is 0 Å². The largest absolute Gasteiger partial charge is 0.376 e. The first kappa shape index (κ1) is 27.2. The highest BCUT2D eigenvalue weighted by Crippen LogP contribution is 2.27. The molecule has 1 saturated heterocycles. The molecule has 1 saturated carbocycles. The minimum atomic E-state index is -0.941. The molecule has 4 rings (SSSR count). The van der Waals surface area contributed by atoms with Gasteiger partial charge < -0.3 is 20.3 Å². The first-order valence-electron chi connectivity index (χ1n) is 13.1. The summed E-state index contributed by atoms with van der Waals surface area (Å²) < 4.78 is 19.6. The van der Waals surface area contributed by atoms with E-state index in [0.29, 0.717) is 17.3 Å². The monoisotopic (exact) mass is 530 g/mol. The fourth-order valence-corrected chi connectivity index (χ4v) is 5.67. The van der Waals surface area contributed by atoms with Gasteiger partial charge in [0, 0.05) is 37.4 Å². The Bertz CT molecular complexity index is 1060. The fourth-order valence-electron chi connectivity index (χ4n) is 4.96. The van der Waals surface area contributed by atoms with Gasteiger partial charge in [-0.1, -0.05) is 31.4 Å². The molecule has 200 valence electrons. The number of hydrogen-bond donors (Lipinski definition) is 2. The third-order valence-electron chi connectivity index (χ3n) is 6.87. The zero-order chi connectivity index (χ0) is 26.2. The number of rotatable bonds is 10. The van der Waals surface area contributed by atoms with Gasteiger partial charge in [-0.3, -0.25) is 14.4 Å². The highest BCUT2D eigenvalue weighted by molar-refractivity contribution is 7.13. The molecule has 2 N–H and O–H groups in total. The second kappa shape index (κ2) is 13.1. The molecule has 0 radical (unpaired) electrons. The van der Waals surface area contributed by atoms with Crippen molar-refractivity contribution in [3.63, 3.8) is 0 Å². The van der Waals surface area contributed by atoms with E-state index in [1.165, 1.54) is 28.4 Å². The van der Waals surface area contributed by atoms with Crippen LogP contribution in [-0.4, -0.2) is 52.9 Å². The van der Waals surface area contributed by atoms with Crippen LogP contribution in [0.2, 0.25) is 0 Å². The van der Waals surface area contributed by atoms with Crippen LogP contribution in [0.4, 0.5) is 9.52 Å². The van der Waals surface area contributed by atoms with Crippen LogP contribution in [0.25, 0.3) is 0 Å². The van der Waals surface area contributed by atoms with E-state index in [9.17, 15) is 18.8 Å². The summed E-state index contributed by atoms with van der Waals surface area (Å²) >= 11 is 1.32. The molecule has 2 aromatic rings. The lowest BCUT2D eigenvalue weighted by Crippen LogP contribution is -2.49. The van der Waals surface area contributed by atoms with E-state index in [-0.39, 0.29) is 49.3 Å². The molecule has 0 unspecified atom stereocenters. The highest BCUT2D eigenvalue weighted by atomic mass is 32.1. The standard InChI is InChI=1S/C27H35FN4O4S/c1-18-17-37-27(29-18)31-23(33)13-14-24(34)32(16-22-8-5-15-36-22)25(19-9-11-20(28)12-10-19)26(35)30-21-6-3-2-4-7-21/h9-12,17,21-22,25H,2-8,13-16H2,1H3,(H,30,35)(H,29,31,33)/t22-,25+/m0/s1. The number of aromatic nitrogens is 1. The van der Waals surface area contributed by atoms with E-state index in [2.05, 4.69) is 15.6 Å². The van der Waals surface area contributed by atoms with Gasteiger partial charge in [-0.05, 0) is 50.3 Å². The predicted molar refractivity (Wildman–Crippen MR) is 140 cm³/mol. The van der Waals surface area contributed by atoms with Crippen molar-refractivity contribution in [2.24, 2.45) is 0 Å². The number of thiazole rings is 1. The van der Waals surface area contributed by atoms with Crippen LogP contribution in [0, 0.1) is 12.7 Å². The SMILES string of the molecule is Cc1csc(NC(=O)CCC(=O)N(C[C@@H]2CCCO2)[C@@H](C(=O)NC2CCCCC2)c2ccc(F)cc2)n1. The molecule has 8 nitrogen and oxygen atoms in total. The molecule has 3 amide bonds. The van der Waals surface area contributed by atoms with Crippen LogP contribution in [0.5, 0.6) is 0 Å². The lowest BCUT2D eigenvalue weighted by Gasteiger charge is -2.34. The number of nitrogens with zero attached hydrogens (tertiary/aromatic N) is 2. The molecule has 2 fully saturated rings. The molecule has 10 heteroatoms. The van der Waals surface area contributed by atoms with Gasteiger partial charge in [-0.15, -0.1) is 11.3 Å². The van der Waals surface area contributed by atoms with Gasteiger partial charge >= 0.3 is 0 Å². The summed E-state index contributed by atoms with van der Waals surface area (Å²) in [6.45, 7) is 2.68. The van der Waals surface area contributed by atoms with Crippen LogP contribution in [0.1, 0.15) is 75.1 Å². The summed E-state index contributed by atoms with van der Waals surface area (Å²) in [6, 6.07) is 4.81. The molecule has 2 heterocycles. The summed E-state index contributed by atoms with van der Waals surface area (Å²) in [5, 5.41) is 8.19. The predicted octanol–water partition coefficient (Wildman–Crippen LogP) is 4.51. The van der Waals surface area contributed by atoms with Crippen LogP contribution in [0.3, 0.4) is 0 Å². The summed E-state index contributed by atoms with van der Waals surface area (Å²) in [6.07, 6.45) is 6.43. The van der Waals surface area contributed by atoms with Crippen molar-refractivity contribution in [3.8, 4) is 0 Å². The Morgan fingerprint density at radius 1 is 1.11 bits per heavy atom. The third-order valence-corrected chi connectivity index (χ3v) is 7.75. The highest BCUT2D eigenvalue weighted by Gasteiger charge is 2.35. The molecule has 1 aliphatic carbocycles. The van der Waals surface area contributed by atoms with Gasteiger partial charge in [0.1, 0.15) is 11.9 Å². The van der Waals surface area contributed by atoms with Gasteiger partial charge in [-0.25, -0.2) is 9.37 Å². The summed E-state index contributed by atoms with van der Waals surface area (Å²) in [5.74, 6) is -1.34. The van der Waals surface area contributed by atoms with Gasteiger partial charge in [0.05, 0.1) is 11.8 Å². The molecular formula is C27H35FN4O4S. The second-order valence-electron chi connectivity index (χ2n) is 9.82. The Morgan fingerprint density at radius 3 is 2.51 bits per heavy atom. The zero-order valence-corrected chi connectivity index (χ0v) is 22.0. The Morgan fingerprint density at radius 2 is 1.86 bits per heavy atom. The average molecular weight is 531 g/mol. The molecule has 1 aliphatic heterocycles. The Kier molecular flexibility index (Phi) is 9.62. The van der Waals surface area contributed by atoms with Crippen LogP contribution in [0.15, 0.2) is 29.6 Å².